The molecule has 0 radical (unpaired) electrons. The van der Waals surface area contributed by atoms with Gasteiger partial charge < -0.3 is 5.32 Å². The molecular weight excluding hydrogens is 218 g/mol. The van der Waals surface area contributed by atoms with E-state index >= 15 is 0 Å². The van der Waals surface area contributed by atoms with E-state index in [-0.39, 0.29) is 0 Å². The maximum Gasteiger partial charge on any atom is 0.0406 e. The minimum Gasteiger partial charge on any atom is -0.307 e. The van der Waals surface area contributed by atoms with Crippen molar-refractivity contribution in [3.05, 3.63) is 34.9 Å². The summed E-state index contributed by atoms with van der Waals surface area (Å²) in [4.78, 5) is 0. The molecular formula is C14H20ClN. The number of hydrogen-bond donors (Lipinski definition) is 1. The first kappa shape index (κ1) is 11.9. The molecule has 16 heavy (non-hydrogen) atoms. The molecule has 0 spiro atoms. The van der Waals surface area contributed by atoms with Gasteiger partial charge in [0, 0.05) is 17.1 Å². The Labute approximate surface area is 103 Å². The minimum atomic E-state index is 0.493. The van der Waals surface area contributed by atoms with Crippen LogP contribution in [0.3, 0.4) is 0 Å². The van der Waals surface area contributed by atoms with Gasteiger partial charge in [-0.05, 0) is 36.0 Å². The number of halogens is 1. The lowest BCUT2D eigenvalue weighted by molar-refractivity contribution is 0.422. The lowest BCUT2D eigenvalue weighted by atomic mass is 10.0. The maximum absolute atomic E-state index is 5.93. The number of benzene rings is 1. The quantitative estimate of drug-likeness (QED) is 0.834. The van der Waals surface area contributed by atoms with Crippen molar-refractivity contribution < 1.29 is 0 Å². The molecule has 2 heteroatoms. The number of nitrogens with one attached hydrogen (secondary N) is 1. The van der Waals surface area contributed by atoms with Crippen molar-refractivity contribution in [2.45, 2.75) is 39.3 Å². The molecule has 1 nitrogen and oxygen atoms in total. The highest BCUT2D eigenvalue weighted by Gasteiger charge is 2.40. The topological polar surface area (TPSA) is 12.0 Å². The molecule has 1 N–H and O–H groups in total. The molecule has 0 bridgehead atoms. The average Bonchev–Trinajstić information content (AvgIpc) is 2.93. The van der Waals surface area contributed by atoms with Gasteiger partial charge in [-0.15, -0.1) is 0 Å². The Morgan fingerprint density at radius 3 is 2.25 bits per heavy atom. The van der Waals surface area contributed by atoms with Gasteiger partial charge in [-0.25, -0.2) is 0 Å². The molecule has 1 fully saturated rings. The zero-order valence-electron chi connectivity index (χ0n) is 10.2. The van der Waals surface area contributed by atoms with E-state index in [0.717, 1.165) is 16.9 Å². The Kier molecular flexibility index (Phi) is 3.56. The number of hydrogen-bond acceptors (Lipinski definition) is 1. The minimum absolute atomic E-state index is 0.493. The van der Waals surface area contributed by atoms with Crippen LogP contribution in [0.4, 0.5) is 0 Å². The van der Waals surface area contributed by atoms with Gasteiger partial charge in [-0.2, -0.15) is 0 Å². The van der Waals surface area contributed by atoms with Crippen LogP contribution in [-0.4, -0.2) is 6.04 Å². The molecule has 0 heterocycles. The molecule has 0 saturated heterocycles. The van der Waals surface area contributed by atoms with Crippen molar-refractivity contribution in [2.75, 3.05) is 0 Å². The van der Waals surface area contributed by atoms with E-state index in [2.05, 4.69) is 38.2 Å². The molecule has 0 amide bonds. The second kappa shape index (κ2) is 4.77. The third-order valence-corrected chi connectivity index (χ3v) is 3.59. The molecule has 1 aromatic carbocycles. The first-order chi connectivity index (χ1) is 7.58. The SMILES string of the molecule is CC(C)NC(c1ccc(Cl)cc1)C1CC1C. The van der Waals surface area contributed by atoms with Gasteiger partial charge in [-0.3, -0.25) is 0 Å². The summed E-state index contributed by atoms with van der Waals surface area (Å²) in [6.45, 7) is 6.74. The average molecular weight is 238 g/mol. The third-order valence-electron chi connectivity index (χ3n) is 3.34. The van der Waals surface area contributed by atoms with Crippen LogP contribution in [0.15, 0.2) is 24.3 Å². The summed E-state index contributed by atoms with van der Waals surface area (Å²) in [6, 6.07) is 9.28. The largest absolute Gasteiger partial charge is 0.307 e. The predicted octanol–water partition coefficient (Wildman–Crippen LogP) is 4.04. The predicted molar refractivity (Wildman–Crippen MR) is 69.7 cm³/mol. The molecule has 3 atom stereocenters. The normalized spacial score (nSPS) is 25.8. The van der Waals surface area contributed by atoms with Gasteiger partial charge in [0.05, 0.1) is 0 Å². The fourth-order valence-corrected chi connectivity index (χ4v) is 2.44. The summed E-state index contributed by atoms with van der Waals surface area (Å²) in [5.74, 6) is 1.65. The lowest BCUT2D eigenvalue weighted by Gasteiger charge is -2.22. The highest BCUT2D eigenvalue weighted by Crippen LogP contribution is 2.47. The molecule has 88 valence electrons. The van der Waals surface area contributed by atoms with Gasteiger partial charge in [0.2, 0.25) is 0 Å². The summed E-state index contributed by atoms with van der Waals surface area (Å²) >= 11 is 5.93. The Bertz CT molecular complexity index is 344. The summed E-state index contributed by atoms with van der Waals surface area (Å²) < 4.78 is 0. The Morgan fingerprint density at radius 1 is 1.25 bits per heavy atom. The third kappa shape index (κ3) is 2.78. The van der Waals surface area contributed by atoms with E-state index in [1.54, 1.807) is 0 Å². The van der Waals surface area contributed by atoms with Crippen LogP contribution in [0.1, 0.15) is 38.8 Å². The summed E-state index contributed by atoms with van der Waals surface area (Å²) in [7, 11) is 0. The second-order valence-corrected chi connectivity index (χ2v) is 5.66. The van der Waals surface area contributed by atoms with E-state index in [0.29, 0.717) is 12.1 Å². The van der Waals surface area contributed by atoms with Gasteiger partial charge in [0.25, 0.3) is 0 Å². The smallest absolute Gasteiger partial charge is 0.0406 e. The molecule has 1 aliphatic carbocycles. The van der Waals surface area contributed by atoms with Crippen molar-refractivity contribution >= 4 is 11.6 Å². The van der Waals surface area contributed by atoms with Crippen molar-refractivity contribution in [2.24, 2.45) is 11.8 Å². The fourth-order valence-electron chi connectivity index (χ4n) is 2.31. The van der Waals surface area contributed by atoms with E-state index in [1.807, 2.05) is 12.1 Å². The highest BCUT2D eigenvalue weighted by molar-refractivity contribution is 6.30. The lowest BCUT2D eigenvalue weighted by Crippen LogP contribution is -2.29. The monoisotopic (exact) mass is 237 g/mol. The van der Waals surface area contributed by atoms with Crippen LogP contribution in [0.25, 0.3) is 0 Å². The van der Waals surface area contributed by atoms with E-state index in [9.17, 15) is 0 Å². The first-order valence-corrected chi connectivity index (χ1v) is 6.47. The molecule has 3 unspecified atom stereocenters. The Balaban J connectivity index is 2.14. The van der Waals surface area contributed by atoms with Crippen LogP contribution in [0, 0.1) is 11.8 Å². The van der Waals surface area contributed by atoms with E-state index < -0.39 is 0 Å². The zero-order valence-corrected chi connectivity index (χ0v) is 11.0. The van der Waals surface area contributed by atoms with Crippen molar-refractivity contribution in [3.8, 4) is 0 Å². The van der Waals surface area contributed by atoms with Crippen molar-refractivity contribution in [1.29, 1.82) is 0 Å². The van der Waals surface area contributed by atoms with Crippen LogP contribution in [0.2, 0.25) is 5.02 Å². The zero-order chi connectivity index (χ0) is 11.7. The molecule has 1 aromatic rings. The Morgan fingerprint density at radius 2 is 1.81 bits per heavy atom. The van der Waals surface area contributed by atoms with Gasteiger partial charge >= 0.3 is 0 Å². The standard InChI is InChI=1S/C14H20ClN/c1-9(2)16-14(13-8-10(13)3)11-4-6-12(15)7-5-11/h4-7,9-10,13-14,16H,8H2,1-3H3. The van der Waals surface area contributed by atoms with Crippen LogP contribution < -0.4 is 5.32 Å². The maximum atomic E-state index is 5.93. The van der Waals surface area contributed by atoms with Gasteiger partial charge in [-0.1, -0.05) is 44.5 Å². The van der Waals surface area contributed by atoms with Gasteiger partial charge in [0.15, 0.2) is 0 Å². The second-order valence-electron chi connectivity index (χ2n) is 5.23. The van der Waals surface area contributed by atoms with Crippen molar-refractivity contribution in [3.63, 3.8) is 0 Å². The van der Waals surface area contributed by atoms with Gasteiger partial charge in [0.1, 0.15) is 0 Å². The van der Waals surface area contributed by atoms with Crippen LogP contribution in [0.5, 0.6) is 0 Å². The molecule has 0 aromatic heterocycles. The van der Waals surface area contributed by atoms with E-state index in [1.165, 1.54) is 12.0 Å². The van der Waals surface area contributed by atoms with Crippen molar-refractivity contribution in [1.82, 2.24) is 5.32 Å². The first-order valence-electron chi connectivity index (χ1n) is 6.09. The summed E-state index contributed by atoms with van der Waals surface area (Å²) in [6.07, 6.45) is 1.34. The fraction of sp³-hybridized carbons (Fsp3) is 0.571. The molecule has 2 rings (SSSR count). The van der Waals surface area contributed by atoms with Crippen LogP contribution >= 0.6 is 11.6 Å². The number of rotatable bonds is 4. The summed E-state index contributed by atoms with van der Waals surface area (Å²) in [5, 5.41) is 4.48. The molecule has 1 saturated carbocycles. The molecule has 1 aliphatic rings. The summed E-state index contributed by atoms with van der Waals surface area (Å²) in [5.41, 5.74) is 1.37. The Hall–Kier alpha value is -0.530. The van der Waals surface area contributed by atoms with E-state index in [4.69, 9.17) is 11.6 Å². The highest BCUT2D eigenvalue weighted by atomic mass is 35.5. The van der Waals surface area contributed by atoms with Crippen LogP contribution in [-0.2, 0) is 0 Å². The molecule has 0 aliphatic heterocycles.